The van der Waals surface area contributed by atoms with Crippen molar-refractivity contribution < 1.29 is 4.42 Å². The topological polar surface area (TPSA) is 56.7 Å². The van der Waals surface area contributed by atoms with Gasteiger partial charge in [0.25, 0.3) is 0 Å². The lowest BCUT2D eigenvalue weighted by atomic mass is 9.97. The first-order chi connectivity index (χ1) is 25.8. The molecule has 0 saturated heterocycles. The average molecular weight is 667 g/mol. The Bertz CT molecular complexity index is 2820. The fourth-order valence-corrected chi connectivity index (χ4v) is 7.15. The molecule has 0 amide bonds. The molecule has 5 heteroatoms. The van der Waals surface area contributed by atoms with E-state index in [9.17, 15) is 0 Å². The van der Waals surface area contributed by atoms with Crippen molar-refractivity contribution in [2.45, 2.75) is 0 Å². The quantitative estimate of drug-likeness (QED) is 0.177. The number of imidazole rings is 1. The van der Waals surface area contributed by atoms with E-state index in [2.05, 4.69) is 126 Å². The van der Waals surface area contributed by atoms with E-state index in [0.29, 0.717) is 5.82 Å². The second-order valence-electron chi connectivity index (χ2n) is 12.9. The maximum absolute atomic E-state index is 6.43. The van der Waals surface area contributed by atoms with Crippen molar-refractivity contribution in [3.63, 3.8) is 0 Å². The van der Waals surface area contributed by atoms with Crippen molar-refractivity contribution in [2.24, 2.45) is 0 Å². The third kappa shape index (κ3) is 5.15. The van der Waals surface area contributed by atoms with Gasteiger partial charge in [0.05, 0.1) is 22.4 Å². The van der Waals surface area contributed by atoms with Crippen molar-refractivity contribution in [2.75, 3.05) is 0 Å². The summed E-state index contributed by atoms with van der Waals surface area (Å²) < 4.78 is 8.66. The van der Waals surface area contributed by atoms with Crippen molar-refractivity contribution in [1.82, 2.24) is 19.5 Å². The van der Waals surface area contributed by atoms with E-state index < -0.39 is 0 Å². The standard InChI is InChI=1S/C47H30N4O/c1-4-13-32(14-5-1)40-30-41(33-15-6-2-7-16-33)49-46(48-40)35-27-28-43-38(29-35)45-37(19-12-22-44(45)52-43)31-23-25-34(26-24-31)47-50-39-20-10-11-21-42(39)51(47)36-17-8-3-9-18-36/h1-30H. The van der Waals surface area contributed by atoms with Crippen molar-refractivity contribution in [3.8, 4) is 62.1 Å². The van der Waals surface area contributed by atoms with Crippen molar-refractivity contribution >= 4 is 33.0 Å². The van der Waals surface area contributed by atoms with Crippen LogP contribution in [-0.2, 0) is 0 Å². The van der Waals surface area contributed by atoms with Crippen LogP contribution in [0.25, 0.3) is 95.1 Å². The van der Waals surface area contributed by atoms with Gasteiger partial charge in [-0.25, -0.2) is 15.0 Å². The molecule has 52 heavy (non-hydrogen) atoms. The van der Waals surface area contributed by atoms with E-state index in [4.69, 9.17) is 19.4 Å². The summed E-state index contributed by atoms with van der Waals surface area (Å²) in [6.07, 6.45) is 0. The maximum atomic E-state index is 6.43. The number of para-hydroxylation sites is 3. The minimum absolute atomic E-state index is 0.666. The minimum Gasteiger partial charge on any atom is -0.456 e. The molecular weight excluding hydrogens is 637 g/mol. The smallest absolute Gasteiger partial charge is 0.160 e. The summed E-state index contributed by atoms with van der Waals surface area (Å²) in [5.74, 6) is 1.57. The highest BCUT2D eigenvalue weighted by Crippen LogP contribution is 2.39. The molecule has 7 aromatic carbocycles. The Morgan fingerprint density at radius 1 is 0.423 bits per heavy atom. The summed E-state index contributed by atoms with van der Waals surface area (Å²) in [5.41, 5.74) is 12.8. The number of rotatable bonds is 6. The molecule has 5 nitrogen and oxygen atoms in total. The Labute approximate surface area is 300 Å². The van der Waals surface area contributed by atoms with Crippen LogP contribution >= 0.6 is 0 Å². The largest absolute Gasteiger partial charge is 0.456 e. The highest BCUT2D eigenvalue weighted by atomic mass is 16.3. The van der Waals surface area contributed by atoms with Gasteiger partial charge in [0.2, 0.25) is 0 Å². The van der Waals surface area contributed by atoms with Gasteiger partial charge in [-0.15, -0.1) is 0 Å². The van der Waals surface area contributed by atoms with Gasteiger partial charge >= 0.3 is 0 Å². The van der Waals surface area contributed by atoms with Gasteiger partial charge in [-0.05, 0) is 65.7 Å². The monoisotopic (exact) mass is 666 g/mol. The molecule has 0 radical (unpaired) electrons. The number of hydrogen-bond donors (Lipinski definition) is 0. The molecule has 0 fully saturated rings. The molecule has 0 aliphatic rings. The molecule has 244 valence electrons. The third-order valence-corrected chi connectivity index (χ3v) is 9.65. The molecule has 0 aliphatic carbocycles. The van der Waals surface area contributed by atoms with Crippen LogP contribution in [0, 0.1) is 0 Å². The van der Waals surface area contributed by atoms with Crippen LogP contribution in [0.3, 0.4) is 0 Å². The molecule has 0 aliphatic heterocycles. The number of aromatic nitrogens is 4. The van der Waals surface area contributed by atoms with Gasteiger partial charge in [0.1, 0.15) is 17.0 Å². The second-order valence-corrected chi connectivity index (χ2v) is 12.9. The molecule has 0 atom stereocenters. The molecule has 0 unspecified atom stereocenters. The predicted molar refractivity (Wildman–Crippen MR) is 211 cm³/mol. The zero-order valence-corrected chi connectivity index (χ0v) is 28.0. The number of furan rings is 1. The predicted octanol–water partition coefficient (Wildman–Crippen LogP) is 12.0. The molecule has 10 aromatic rings. The minimum atomic E-state index is 0.666. The van der Waals surface area contributed by atoms with Gasteiger partial charge in [0.15, 0.2) is 5.82 Å². The molecule has 3 heterocycles. The van der Waals surface area contributed by atoms with Gasteiger partial charge in [0, 0.05) is 38.7 Å². The first-order valence-corrected chi connectivity index (χ1v) is 17.4. The SMILES string of the molecule is c1ccc(-c2cc(-c3ccccc3)nc(-c3ccc4oc5cccc(-c6ccc(-c7nc8ccccc8n7-c7ccccc7)cc6)c5c4c3)n2)cc1. The molecule has 0 saturated carbocycles. The lowest BCUT2D eigenvalue weighted by molar-refractivity contribution is 0.669. The molecular formula is C47H30N4O. The van der Waals surface area contributed by atoms with E-state index in [1.807, 2.05) is 60.7 Å². The van der Waals surface area contributed by atoms with Crippen LogP contribution in [-0.4, -0.2) is 19.5 Å². The zero-order valence-electron chi connectivity index (χ0n) is 28.0. The fraction of sp³-hybridized carbons (Fsp3) is 0. The Balaban J connectivity index is 1.09. The summed E-state index contributed by atoms with van der Waals surface area (Å²) in [4.78, 5) is 15.2. The van der Waals surface area contributed by atoms with Crippen LogP contribution < -0.4 is 0 Å². The van der Waals surface area contributed by atoms with Crippen molar-refractivity contribution in [1.29, 1.82) is 0 Å². The fourth-order valence-electron chi connectivity index (χ4n) is 7.15. The van der Waals surface area contributed by atoms with E-state index in [1.54, 1.807) is 0 Å². The van der Waals surface area contributed by atoms with Gasteiger partial charge < -0.3 is 4.42 Å². The molecule has 0 N–H and O–H groups in total. The van der Waals surface area contributed by atoms with Gasteiger partial charge in [-0.2, -0.15) is 0 Å². The number of benzene rings is 7. The van der Waals surface area contributed by atoms with Gasteiger partial charge in [-0.3, -0.25) is 4.57 Å². The number of fused-ring (bicyclic) bond motifs is 4. The summed E-state index contributed by atoms with van der Waals surface area (Å²) in [6, 6.07) is 62.5. The zero-order chi connectivity index (χ0) is 34.4. The Morgan fingerprint density at radius 2 is 1.04 bits per heavy atom. The Morgan fingerprint density at radius 3 is 1.75 bits per heavy atom. The molecule has 0 bridgehead atoms. The summed E-state index contributed by atoms with van der Waals surface area (Å²) in [7, 11) is 0. The van der Waals surface area contributed by atoms with Crippen LogP contribution in [0.1, 0.15) is 0 Å². The van der Waals surface area contributed by atoms with Crippen LogP contribution in [0.5, 0.6) is 0 Å². The van der Waals surface area contributed by atoms with Gasteiger partial charge in [-0.1, -0.05) is 127 Å². The van der Waals surface area contributed by atoms with E-state index in [-0.39, 0.29) is 0 Å². The first kappa shape index (κ1) is 29.8. The normalized spacial score (nSPS) is 11.5. The Kier molecular flexibility index (Phi) is 7.07. The highest BCUT2D eigenvalue weighted by molar-refractivity contribution is 6.13. The average Bonchev–Trinajstić information content (AvgIpc) is 3.80. The molecule has 10 rings (SSSR count). The Hall–Kier alpha value is -7.11. The maximum Gasteiger partial charge on any atom is 0.160 e. The summed E-state index contributed by atoms with van der Waals surface area (Å²) in [5, 5.41) is 2.08. The molecule has 0 spiro atoms. The van der Waals surface area contributed by atoms with Crippen LogP contribution in [0.15, 0.2) is 186 Å². The van der Waals surface area contributed by atoms with E-state index in [0.717, 1.165) is 89.3 Å². The highest BCUT2D eigenvalue weighted by Gasteiger charge is 2.18. The lowest BCUT2D eigenvalue weighted by Gasteiger charge is -2.11. The molecule has 3 aromatic heterocycles. The van der Waals surface area contributed by atoms with E-state index in [1.165, 1.54) is 0 Å². The summed E-state index contributed by atoms with van der Waals surface area (Å²) >= 11 is 0. The number of nitrogens with zero attached hydrogens (tertiary/aromatic N) is 4. The number of hydrogen-bond acceptors (Lipinski definition) is 4. The lowest BCUT2D eigenvalue weighted by Crippen LogP contribution is -1.97. The van der Waals surface area contributed by atoms with Crippen LogP contribution in [0.4, 0.5) is 0 Å². The second kappa shape index (κ2) is 12.3. The van der Waals surface area contributed by atoms with Crippen LogP contribution in [0.2, 0.25) is 0 Å². The summed E-state index contributed by atoms with van der Waals surface area (Å²) in [6.45, 7) is 0. The van der Waals surface area contributed by atoms with Crippen molar-refractivity contribution in [3.05, 3.63) is 182 Å². The first-order valence-electron chi connectivity index (χ1n) is 17.4. The third-order valence-electron chi connectivity index (χ3n) is 9.65. The van der Waals surface area contributed by atoms with E-state index >= 15 is 0 Å².